The summed E-state index contributed by atoms with van der Waals surface area (Å²) in [6.07, 6.45) is 4.68. The van der Waals surface area contributed by atoms with Crippen LogP contribution in [0.3, 0.4) is 0 Å². The maximum Gasteiger partial charge on any atom is 0.182 e. The van der Waals surface area contributed by atoms with E-state index in [1.807, 2.05) is 0 Å². The molecule has 0 bridgehead atoms. The monoisotopic (exact) mass is 154 g/mol. The van der Waals surface area contributed by atoms with Crippen LogP contribution in [0.1, 0.15) is 0 Å². The average molecular weight is 155 g/mol. The van der Waals surface area contributed by atoms with Gasteiger partial charge in [-0.3, -0.25) is 4.40 Å². The molecule has 0 aromatic carbocycles. The molecule has 2 aromatic rings. The third-order valence-corrected chi connectivity index (χ3v) is 1.43. The lowest BCUT2D eigenvalue weighted by Gasteiger charge is -1.89. The Bertz CT molecular complexity index is 355. The van der Waals surface area contributed by atoms with Gasteiger partial charge in [0.15, 0.2) is 5.65 Å². The van der Waals surface area contributed by atoms with E-state index < -0.39 is 0 Å². The quantitative estimate of drug-likeness (QED) is 0.563. The van der Waals surface area contributed by atoms with E-state index in [1.54, 1.807) is 17.1 Å². The summed E-state index contributed by atoms with van der Waals surface area (Å²) in [5.41, 5.74) is 0.636. The van der Waals surface area contributed by atoms with E-state index in [9.17, 15) is 0 Å². The molecule has 0 spiro atoms. The highest BCUT2D eigenvalue weighted by molar-refractivity contribution is 6.33. The van der Waals surface area contributed by atoms with E-state index in [1.165, 1.54) is 6.20 Å². The van der Waals surface area contributed by atoms with Crippen molar-refractivity contribution in [1.29, 1.82) is 0 Å². The van der Waals surface area contributed by atoms with E-state index in [0.717, 1.165) is 0 Å². The zero-order valence-electron chi connectivity index (χ0n) is 4.90. The summed E-state index contributed by atoms with van der Waals surface area (Å²) in [4.78, 5) is 3.84. The number of fused-ring (bicyclic) bond motifs is 1. The summed E-state index contributed by atoms with van der Waals surface area (Å²) >= 11 is 5.71. The first-order chi connectivity index (χ1) is 4.88. The lowest BCUT2D eigenvalue weighted by atomic mass is 10.6. The molecule has 0 N–H and O–H groups in total. The van der Waals surface area contributed by atoms with Crippen molar-refractivity contribution in [2.45, 2.75) is 0 Å². The maximum atomic E-state index is 5.71. The fourth-order valence-corrected chi connectivity index (χ4v) is 0.918. The molecule has 0 aliphatic heterocycles. The normalized spacial score (nSPS) is 10.5. The van der Waals surface area contributed by atoms with E-state index in [0.29, 0.717) is 10.7 Å². The molecule has 0 fully saturated rings. The van der Waals surface area contributed by atoms with Crippen LogP contribution in [0.5, 0.6) is 0 Å². The zero-order valence-corrected chi connectivity index (χ0v) is 5.65. The van der Waals surface area contributed by atoms with Crippen LogP contribution >= 0.6 is 11.6 Å². The number of hydrogen-bond acceptors (Lipinski definition) is 3. The molecule has 0 saturated heterocycles. The molecule has 0 aliphatic carbocycles. The van der Waals surface area contributed by atoms with E-state index in [2.05, 4.69) is 15.2 Å². The van der Waals surface area contributed by atoms with Gasteiger partial charge in [0.05, 0.1) is 6.20 Å². The molecule has 4 nitrogen and oxygen atoms in total. The number of hydrogen-bond donors (Lipinski definition) is 0. The Morgan fingerprint density at radius 1 is 1.40 bits per heavy atom. The zero-order chi connectivity index (χ0) is 6.97. The first-order valence-corrected chi connectivity index (χ1v) is 3.04. The molecule has 2 aromatic heterocycles. The SMILES string of the molecule is Clc1cncn2cnnc12. The van der Waals surface area contributed by atoms with Crippen LogP contribution < -0.4 is 0 Å². The van der Waals surface area contributed by atoms with Gasteiger partial charge in [0.25, 0.3) is 0 Å². The third kappa shape index (κ3) is 0.657. The number of nitrogens with zero attached hydrogens (tertiary/aromatic N) is 4. The largest absolute Gasteiger partial charge is 0.271 e. The van der Waals surface area contributed by atoms with Gasteiger partial charge in [0.1, 0.15) is 17.7 Å². The van der Waals surface area contributed by atoms with Crippen molar-refractivity contribution in [3.05, 3.63) is 23.9 Å². The summed E-state index contributed by atoms with van der Waals surface area (Å²) in [5, 5.41) is 7.92. The van der Waals surface area contributed by atoms with Crippen LogP contribution in [-0.2, 0) is 0 Å². The Hall–Kier alpha value is -1.16. The van der Waals surface area contributed by atoms with Crippen LogP contribution in [-0.4, -0.2) is 19.6 Å². The van der Waals surface area contributed by atoms with Crippen LogP contribution in [0.4, 0.5) is 0 Å². The highest BCUT2D eigenvalue weighted by Crippen LogP contribution is 2.10. The standard InChI is InChI=1S/C5H3ClN4/c6-4-1-7-2-10-3-8-9-5(4)10/h1-3H. The molecule has 10 heavy (non-hydrogen) atoms. The smallest absolute Gasteiger partial charge is 0.182 e. The minimum absolute atomic E-state index is 0.514. The summed E-state index contributed by atoms with van der Waals surface area (Å²) < 4.78 is 1.66. The lowest BCUT2D eigenvalue weighted by Crippen LogP contribution is -1.84. The second kappa shape index (κ2) is 1.91. The molecule has 0 saturated carbocycles. The van der Waals surface area contributed by atoms with E-state index in [-0.39, 0.29) is 0 Å². The second-order valence-corrected chi connectivity index (χ2v) is 2.21. The summed E-state index contributed by atoms with van der Waals surface area (Å²) in [7, 11) is 0. The minimum Gasteiger partial charge on any atom is -0.271 e. The molecule has 2 heterocycles. The van der Waals surface area contributed by atoms with Crippen molar-refractivity contribution in [1.82, 2.24) is 19.6 Å². The van der Waals surface area contributed by atoms with Gasteiger partial charge >= 0.3 is 0 Å². The highest BCUT2D eigenvalue weighted by atomic mass is 35.5. The van der Waals surface area contributed by atoms with Crippen LogP contribution in [0.25, 0.3) is 5.65 Å². The molecular weight excluding hydrogens is 152 g/mol. The van der Waals surface area contributed by atoms with Crippen molar-refractivity contribution in [3.63, 3.8) is 0 Å². The van der Waals surface area contributed by atoms with Gasteiger partial charge in [-0.15, -0.1) is 10.2 Å². The van der Waals surface area contributed by atoms with E-state index >= 15 is 0 Å². The summed E-state index contributed by atoms with van der Waals surface area (Å²) in [5.74, 6) is 0. The van der Waals surface area contributed by atoms with Gasteiger partial charge in [-0.25, -0.2) is 4.98 Å². The molecule has 0 atom stereocenters. The maximum absolute atomic E-state index is 5.71. The Balaban J connectivity index is 2.95. The Morgan fingerprint density at radius 3 is 3.10 bits per heavy atom. The molecular formula is C5H3ClN4. The minimum atomic E-state index is 0.514. The molecule has 5 heteroatoms. The summed E-state index contributed by atoms with van der Waals surface area (Å²) in [6.45, 7) is 0. The number of rotatable bonds is 0. The van der Waals surface area contributed by atoms with Crippen molar-refractivity contribution >= 4 is 17.2 Å². The predicted octanol–water partition coefficient (Wildman–Crippen LogP) is 0.778. The molecule has 2 rings (SSSR count). The molecule has 0 aliphatic rings. The fraction of sp³-hybridized carbons (Fsp3) is 0. The van der Waals surface area contributed by atoms with Gasteiger partial charge in [0, 0.05) is 0 Å². The van der Waals surface area contributed by atoms with Crippen molar-refractivity contribution < 1.29 is 0 Å². The first-order valence-electron chi connectivity index (χ1n) is 2.67. The predicted molar refractivity (Wildman–Crippen MR) is 35.8 cm³/mol. The molecule has 0 unspecified atom stereocenters. The van der Waals surface area contributed by atoms with Crippen LogP contribution in [0.2, 0.25) is 5.02 Å². The number of aromatic nitrogens is 4. The summed E-state index contributed by atoms with van der Waals surface area (Å²) in [6, 6.07) is 0. The van der Waals surface area contributed by atoms with Gasteiger partial charge in [-0.2, -0.15) is 0 Å². The molecule has 0 radical (unpaired) electrons. The fourth-order valence-electron chi connectivity index (χ4n) is 0.726. The van der Waals surface area contributed by atoms with Crippen molar-refractivity contribution in [3.8, 4) is 0 Å². The molecule has 50 valence electrons. The first kappa shape index (κ1) is 5.61. The average Bonchev–Trinajstić information content (AvgIpc) is 2.36. The van der Waals surface area contributed by atoms with Gasteiger partial charge in [0.2, 0.25) is 0 Å². The Labute approximate surface area is 61.5 Å². The Morgan fingerprint density at radius 2 is 2.30 bits per heavy atom. The van der Waals surface area contributed by atoms with Crippen molar-refractivity contribution in [2.24, 2.45) is 0 Å². The Kier molecular flexibility index (Phi) is 1.07. The van der Waals surface area contributed by atoms with Gasteiger partial charge < -0.3 is 0 Å². The second-order valence-electron chi connectivity index (χ2n) is 1.80. The number of halogens is 1. The van der Waals surface area contributed by atoms with Crippen LogP contribution in [0.15, 0.2) is 18.9 Å². The lowest BCUT2D eigenvalue weighted by molar-refractivity contribution is 1.07. The highest BCUT2D eigenvalue weighted by Gasteiger charge is 1.98. The third-order valence-electron chi connectivity index (χ3n) is 1.17. The van der Waals surface area contributed by atoms with Gasteiger partial charge in [-0.1, -0.05) is 11.6 Å². The van der Waals surface area contributed by atoms with Crippen molar-refractivity contribution in [2.75, 3.05) is 0 Å². The molecule has 0 amide bonds. The topological polar surface area (TPSA) is 43.1 Å². The van der Waals surface area contributed by atoms with E-state index in [4.69, 9.17) is 11.6 Å². The van der Waals surface area contributed by atoms with Gasteiger partial charge in [-0.05, 0) is 0 Å². The van der Waals surface area contributed by atoms with Crippen LogP contribution in [0, 0.1) is 0 Å².